The van der Waals surface area contributed by atoms with E-state index in [2.05, 4.69) is 10.3 Å². The molecule has 1 rings (SSSR count). The summed E-state index contributed by atoms with van der Waals surface area (Å²) in [5.41, 5.74) is 6.35. The minimum atomic E-state index is -0.0427. The monoisotopic (exact) mass is 266 g/mol. The Morgan fingerprint density at radius 1 is 1.56 bits per heavy atom. The lowest BCUT2D eigenvalue weighted by molar-refractivity contribution is -0.119. The summed E-state index contributed by atoms with van der Waals surface area (Å²) >= 11 is 4.99. The first kappa shape index (κ1) is 14.4. The van der Waals surface area contributed by atoms with Crippen molar-refractivity contribution >= 4 is 28.9 Å². The van der Waals surface area contributed by atoms with E-state index in [9.17, 15) is 4.79 Å². The first-order chi connectivity index (χ1) is 8.60. The number of pyridine rings is 1. The molecule has 18 heavy (non-hydrogen) atoms. The average molecular weight is 266 g/mol. The van der Waals surface area contributed by atoms with Crippen LogP contribution in [0.3, 0.4) is 0 Å². The van der Waals surface area contributed by atoms with Crippen LogP contribution in [0.5, 0.6) is 0 Å². The van der Waals surface area contributed by atoms with Gasteiger partial charge in [-0.3, -0.25) is 4.79 Å². The van der Waals surface area contributed by atoms with E-state index in [1.165, 1.54) is 0 Å². The number of hydrogen-bond donors (Lipinski definition) is 2. The third-order valence-corrected chi connectivity index (χ3v) is 2.66. The van der Waals surface area contributed by atoms with Crippen LogP contribution in [0.15, 0.2) is 18.3 Å². The average Bonchev–Trinajstić information content (AvgIpc) is 2.36. The van der Waals surface area contributed by atoms with Gasteiger partial charge in [-0.1, -0.05) is 12.2 Å². The van der Waals surface area contributed by atoms with Crippen molar-refractivity contribution in [3.05, 3.63) is 23.9 Å². The molecule has 3 N–H and O–H groups in total. The standard InChI is InChI=1S/C12H18N4OS/c1-3-14-10(17)8-16(4-2)12-9(11(13)18)6-5-7-15-12/h5-7H,3-4,8H2,1-2H3,(H2,13,18)(H,14,17). The molecule has 1 aromatic rings. The number of likely N-dealkylation sites (N-methyl/N-ethyl adjacent to an activating group) is 2. The zero-order valence-electron chi connectivity index (χ0n) is 10.6. The molecule has 98 valence electrons. The van der Waals surface area contributed by atoms with E-state index in [0.717, 1.165) is 0 Å². The molecule has 0 radical (unpaired) electrons. The molecule has 6 heteroatoms. The number of amides is 1. The molecule has 0 unspecified atom stereocenters. The van der Waals surface area contributed by atoms with Gasteiger partial charge in [0.15, 0.2) is 0 Å². The number of carbonyl (C=O) groups is 1. The number of nitrogens with two attached hydrogens (primary N) is 1. The first-order valence-electron chi connectivity index (χ1n) is 5.86. The molecular weight excluding hydrogens is 248 g/mol. The van der Waals surface area contributed by atoms with Crippen LogP contribution in [-0.2, 0) is 4.79 Å². The molecule has 0 spiro atoms. The van der Waals surface area contributed by atoms with Gasteiger partial charge in [-0.05, 0) is 26.0 Å². The summed E-state index contributed by atoms with van der Waals surface area (Å²) < 4.78 is 0. The van der Waals surface area contributed by atoms with Crippen molar-refractivity contribution in [1.82, 2.24) is 10.3 Å². The van der Waals surface area contributed by atoms with E-state index in [1.54, 1.807) is 12.3 Å². The second-order valence-corrected chi connectivity index (χ2v) is 4.15. The van der Waals surface area contributed by atoms with E-state index in [-0.39, 0.29) is 17.4 Å². The number of hydrogen-bond acceptors (Lipinski definition) is 4. The van der Waals surface area contributed by atoms with Crippen LogP contribution in [-0.4, -0.2) is 35.5 Å². The third kappa shape index (κ3) is 3.66. The fourth-order valence-electron chi connectivity index (χ4n) is 1.60. The number of anilines is 1. The maximum Gasteiger partial charge on any atom is 0.239 e. The molecule has 1 heterocycles. The Kier molecular flexibility index (Phi) is 5.51. The molecule has 0 aliphatic rings. The van der Waals surface area contributed by atoms with E-state index >= 15 is 0 Å². The van der Waals surface area contributed by atoms with Crippen molar-refractivity contribution in [3.63, 3.8) is 0 Å². The van der Waals surface area contributed by atoms with Gasteiger partial charge in [0.2, 0.25) is 5.91 Å². The lowest BCUT2D eigenvalue weighted by atomic mass is 10.2. The number of rotatable bonds is 6. The van der Waals surface area contributed by atoms with Crippen LogP contribution in [0.25, 0.3) is 0 Å². The molecule has 0 aliphatic carbocycles. The predicted octanol–water partition coefficient (Wildman–Crippen LogP) is 0.678. The van der Waals surface area contributed by atoms with E-state index in [1.807, 2.05) is 24.8 Å². The van der Waals surface area contributed by atoms with Crippen molar-refractivity contribution in [2.75, 3.05) is 24.5 Å². The number of aromatic nitrogens is 1. The van der Waals surface area contributed by atoms with Crippen molar-refractivity contribution in [1.29, 1.82) is 0 Å². The van der Waals surface area contributed by atoms with Gasteiger partial charge in [-0.2, -0.15) is 0 Å². The summed E-state index contributed by atoms with van der Waals surface area (Å²) in [6.45, 7) is 5.36. The second-order valence-electron chi connectivity index (χ2n) is 3.71. The molecule has 1 aromatic heterocycles. The van der Waals surface area contributed by atoms with Gasteiger partial charge in [0.05, 0.1) is 12.1 Å². The Balaban J connectivity index is 2.94. The first-order valence-corrected chi connectivity index (χ1v) is 6.27. The van der Waals surface area contributed by atoms with E-state index in [0.29, 0.717) is 24.5 Å². The van der Waals surface area contributed by atoms with Crippen LogP contribution in [0, 0.1) is 0 Å². The molecule has 0 atom stereocenters. The second kappa shape index (κ2) is 6.90. The topological polar surface area (TPSA) is 71.2 Å². The maximum atomic E-state index is 11.6. The summed E-state index contributed by atoms with van der Waals surface area (Å²) in [6, 6.07) is 3.59. The highest BCUT2D eigenvalue weighted by Gasteiger charge is 2.15. The normalized spacial score (nSPS) is 9.89. The minimum Gasteiger partial charge on any atom is -0.389 e. The summed E-state index contributed by atoms with van der Waals surface area (Å²) in [4.78, 5) is 18.0. The van der Waals surface area contributed by atoms with Crippen LogP contribution in [0.4, 0.5) is 5.82 Å². The van der Waals surface area contributed by atoms with Gasteiger partial charge >= 0.3 is 0 Å². The van der Waals surface area contributed by atoms with Crippen LogP contribution in [0.1, 0.15) is 19.4 Å². The molecule has 0 aromatic carbocycles. The van der Waals surface area contributed by atoms with Gasteiger partial charge in [-0.15, -0.1) is 0 Å². The maximum absolute atomic E-state index is 11.6. The SMILES string of the molecule is CCNC(=O)CN(CC)c1ncccc1C(N)=S. The highest BCUT2D eigenvalue weighted by Crippen LogP contribution is 2.16. The molecule has 0 fully saturated rings. The highest BCUT2D eigenvalue weighted by molar-refractivity contribution is 7.80. The van der Waals surface area contributed by atoms with Crippen LogP contribution < -0.4 is 16.0 Å². The lowest BCUT2D eigenvalue weighted by Crippen LogP contribution is -2.38. The van der Waals surface area contributed by atoms with E-state index in [4.69, 9.17) is 18.0 Å². The van der Waals surface area contributed by atoms with Crippen molar-refractivity contribution in [2.24, 2.45) is 5.73 Å². The zero-order valence-corrected chi connectivity index (χ0v) is 11.5. The van der Waals surface area contributed by atoms with Crippen molar-refractivity contribution < 1.29 is 4.79 Å². The Labute approximate surface area is 112 Å². The largest absolute Gasteiger partial charge is 0.389 e. The van der Waals surface area contributed by atoms with Gasteiger partial charge in [0.1, 0.15) is 10.8 Å². The summed E-state index contributed by atoms with van der Waals surface area (Å²) in [5.74, 6) is 0.609. The molecule has 0 bridgehead atoms. The van der Waals surface area contributed by atoms with Gasteiger partial charge in [0.25, 0.3) is 0 Å². The third-order valence-electron chi connectivity index (χ3n) is 2.44. The zero-order chi connectivity index (χ0) is 13.5. The Bertz CT molecular complexity index is 436. The lowest BCUT2D eigenvalue weighted by Gasteiger charge is -2.23. The molecule has 0 saturated carbocycles. The van der Waals surface area contributed by atoms with E-state index < -0.39 is 0 Å². The predicted molar refractivity (Wildman–Crippen MR) is 76.7 cm³/mol. The Hall–Kier alpha value is -1.69. The summed E-state index contributed by atoms with van der Waals surface area (Å²) in [6.07, 6.45) is 1.66. The Morgan fingerprint density at radius 2 is 2.28 bits per heavy atom. The molecule has 0 saturated heterocycles. The van der Waals surface area contributed by atoms with Gasteiger partial charge < -0.3 is 16.0 Å². The molecular formula is C12H18N4OS. The fraction of sp³-hybridized carbons (Fsp3) is 0.417. The quantitative estimate of drug-likeness (QED) is 0.741. The molecule has 0 aliphatic heterocycles. The molecule has 5 nitrogen and oxygen atoms in total. The fourth-order valence-corrected chi connectivity index (χ4v) is 1.76. The van der Waals surface area contributed by atoms with Crippen molar-refractivity contribution in [3.8, 4) is 0 Å². The smallest absolute Gasteiger partial charge is 0.239 e. The van der Waals surface area contributed by atoms with Gasteiger partial charge in [0, 0.05) is 19.3 Å². The number of nitrogens with one attached hydrogen (secondary N) is 1. The Morgan fingerprint density at radius 3 is 2.83 bits per heavy atom. The van der Waals surface area contributed by atoms with Crippen LogP contribution >= 0.6 is 12.2 Å². The number of nitrogens with zero attached hydrogens (tertiary/aromatic N) is 2. The summed E-state index contributed by atoms with van der Waals surface area (Å²) in [5, 5.41) is 2.76. The minimum absolute atomic E-state index is 0.0427. The highest BCUT2D eigenvalue weighted by atomic mass is 32.1. The number of thiocarbonyl (C=S) groups is 1. The van der Waals surface area contributed by atoms with Crippen molar-refractivity contribution in [2.45, 2.75) is 13.8 Å². The number of carbonyl (C=O) groups excluding carboxylic acids is 1. The van der Waals surface area contributed by atoms with Crippen LogP contribution in [0.2, 0.25) is 0 Å². The molecule has 1 amide bonds. The van der Waals surface area contributed by atoms with Gasteiger partial charge in [-0.25, -0.2) is 4.98 Å². The summed E-state index contributed by atoms with van der Waals surface area (Å²) in [7, 11) is 0.